The van der Waals surface area contributed by atoms with E-state index < -0.39 is 5.97 Å². The van der Waals surface area contributed by atoms with Gasteiger partial charge in [0.25, 0.3) is 0 Å². The molecule has 1 saturated heterocycles. The highest BCUT2D eigenvalue weighted by molar-refractivity contribution is 5.69. The lowest BCUT2D eigenvalue weighted by Crippen LogP contribution is -2.32. The van der Waals surface area contributed by atoms with E-state index in [9.17, 15) is 4.79 Å². The van der Waals surface area contributed by atoms with E-state index in [2.05, 4.69) is 65.0 Å². The molecule has 194 valence electrons. The van der Waals surface area contributed by atoms with Gasteiger partial charge in [0.05, 0.1) is 12.3 Å². The number of piperidine rings is 1. The Labute approximate surface area is 218 Å². The van der Waals surface area contributed by atoms with Crippen molar-refractivity contribution in [3.63, 3.8) is 0 Å². The molecule has 2 heterocycles. The second-order valence-electron chi connectivity index (χ2n) is 9.91. The Bertz CT molecular complexity index is 1210. The number of hydrogen-bond acceptors (Lipinski definition) is 6. The smallest absolute Gasteiger partial charge is 0.304 e. The molecular formula is C30H35N3O4. The number of rotatable bonds is 10. The van der Waals surface area contributed by atoms with Gasteiger partial charge in [-0.15, -0.1) is 5.92 Å². The summed E-state index contributed by atoms with van der Waals surface area (Å²) in [4.78, 5) is 18.2. The summed E-state index contributed by atoms with van der Waals surface area (Å²) in [7, 11) is 0. The number of hydrogen-bond donors (Lipinski definition) is 1. The third-order valence-corrected chi connectivity index (χ3v) is 6.72. The first-order valence-electron chi connectivity index (χ1n) is 12.9. The maximum absolute atomic E-state index is 11.1. The molecule has 1 atom stereocenters. The average molecular weight is 502 g/mol. The molecule has 0 saturated carbocycles. The van der Waals surface area contributed by atoms with Gasteiger partial charge in [-0.25, -0.2) is 0 Å². The summed E-state index contributed by atoms with van der Waals surface area (Å²) in [5.74, 6) is 7.59. The van der Waals surface area contributed by atoms with Crippen molar-refractivity contribution in [3.05, 3.63) is 76.9 Å². The Morgan fingerprint density at radius 3 is 2.38 bits per heavy atom. The van der Waals surface area contributed by atoms with Gasteiger partial charge in [0.15, 0.2) is 5.82 Å². The minimum Gasteiger partial charge on any atom is -0.489 e. The molecule has 7 heteroatoms. The predicted octanol–water partition coefficient (Wildman–Crippen LogP) is 5.73. The zero-order valence-electron chi connectivity index (χ0n) is 21.8. The lowest BCUT2D eigenvalue weighted by atomic mass is 9.95. The zero-order valence-corrected chi connectivity index (χ0v) is 21.8. The van der Waals surface area contributed by atoms with E-state index in [1.54, 1.807) is 6.92 Å². The second kappa shape index (κ2) is 12.6. The van der Waals surface area contributed by atoms with Crippen LogP contribution < -0.4 is 4.74 Å². The molecule has 7 nitrogen and oxygen atoms in total. The summed E-state index contributed by atoms with van der Waals surface area (Å²) in [6.07, 6.45) is 2.08. The summed E-state index contributed by atoms with van der Waals surface area (Å²) < 4.78 is 11.3. The average Bonchev–Trinajstić information content (AvgIpc) is 3.40. The molecule has 2 aromatic carbocycles. The Hall–Kier alpha value is -3.63. The third-order valence-electron chi connectivity index (χ3n) is 6.72. The predicted molar refractivity (Wildman–Crippen MR) is 141 cm³/mol. The number of benzene rings is 2. The van der Waals surface area contributed by atoms with E-state index in [1.807, 2.05) is 24.3 Å². The maximum atomic E-state index is 11.1. The summed E-state index contributed by atoms with van der Waals surface area (Å²) >= 11 is 0. The fourth-order valence-corrected chi connectivity index (χ4v) is 4.56. The third kappa shape index (κ3) is 7.43. The van der Waals surface area contributed by atoms with Crippen molar-refractivity contribution in [2.24, 2.45) is 0 Å². The fourth-order valence-electron chi connectivity index (χ4n) is 4.56. The van der Waals surface area contributed by atoms with Crippen LogP contribution in [0.1, 0.15) is 86.2 Å². The van der Waals surface area contributed by atoms with Crippen LogP contribution in [0.3, 0.4) is 0 Å². The summed E-state index contributed by atoms with van der Waals surface area (Å²) in [5.41, 5.74) is 3.27. The summed E-state index contributed by atoms with van der Waals surface area (Å²) in [6.45, 7) is 9.30. The molecule has 0 bridgehead atoms. The number of carboxylic acids is 1. The van der Waals surface area contributed by atoms with Crippen molar-refractivity contribution in [2.45, 2.75) is 70.9 Å². The molecule has 4 rings (SSSR count). The molecule has 1 aromatic heterocycles. The first-order valence-corrected chi connectivity index (χ1v) is 12.9. The van der Waals surface area contributed by atoms with Crippen molar-refractivity contribution in [2.75, 3.05) is 13.1 Å². The van der Waals surface area contributed by atoms with Gasteiger partial charge in [0, 0.05) is 18.4 Å². The highest BCUT2D eigenvalue weighted by atomic mass is 16.5. The molecule has 1 unspecified atom stereocenters. The van der Waals surface area contributed by atoms with Crippen molar-refractivity contribution in [3.8, 4) is 17.6 Å². The van der Waals surface area contributed by atoms with Crippen LogP contribution >= 0.6 is 0 Å². The van der Waals surface area contributed by atoms with Crippen LogP contribution in [0, 0.1) is 11.8 Å². The van der Waals surface area contributed by atoms with Gasteiger partial charge in [0.1, 0.15) is 12.4 Å². The summed E-state index contributed by atoms with van der Waals surface area (Å²) in [6, 6.07) is 16.1. The monoisotopic (exact) mass is 501 g/mol. The Kier molecular flexibility index (Phi) is 8.97. The molecule has 0 amide bonds. The minimum absolute atomic E-state index is 0.0106. The number of carbonyl (C=O) groups is 1. The van der Waals surface area contributed by atoms with E-state index in [0.29, 0.717) is 12.5 Å². The van der Waals surface area contributed by atoms with Crippen molar-refractivity contribution in [1.82, 2.24) is 15.0 Å². The number of ether oxygens (including phenoxy) is 1. The van der Waals surface area contributed by atoms with E-state index in [1.165, 1.54) is 5.56 Å². The molecule has 37 heavy (non-hydrogen) atoms. The normalized spacial score (nSPS) is 15.2. The van der Waals surface area contributed by atoms with Gasteiger partial charge >= 0.3 is 5.97 Å². The lowest BCUT2D eigenvalue weighted by molar-refractivity contribution is -0.137. The highest BCUT2D eigenvalue weighted by Crippen LogP contribution is 2.28. The van der Waals surface area contributed by atoms with Crippen LogP contribution in [0.25, 0.3) is 0 Å². The van der Waals surface area contributed by atoms with Crippen LogP contribution in [0.5, 0.6) is 5.75 Å². The maximum Gasteiger partial charge on any atom is 0.304 e. The molecule has 0 spiro atoms. The number of likely N-dealkylation sites (tertiary alicyclic amines) is 1. The Morgan fingerprint density at radius 1 is 1.11 bits per heavy atom. The SMILES string of the molecule is CC#CC(CC(=O)O)c1ccc(OCc2ccc(CN3CCC(c4noc(C(C)C)n4)CC3)cc2)cc1. The zero-order chi connectivity index (χ0) is 26.2. The minimum atomic E-state index is -0.856. The topological polar surface area (TPSA) is 88.7 Å². The van der Waals surface area contributed by atoms with Crippen LogP contribution in [0.2, 0.25) is 0 Å². The largest absolute Gasteiger partial charge is 0.489 e. The second-order valence-corrected chi connectivity index (χ2v) is 9.91. The molecule has 3 aromatic rings. The van der Waals surface area contributed by atoms with E-state index in [4.69, 9.17) is 14.4 Å². The molecule has 0 radical (unpaired) electrons. The first kappa shape index (κ1) is 26.4. The van der Waals surface area contributed by atoms with E-state index >= 15 is 0 Å². The molecular weight excluding hydrogens is 466 g/mol. The highest BCUT2D eigenvalue weighted by Gasteiger charge is 2.25. The first-order chi connectivity index (χ1) is 17.9. The quantitative estimate of drug-likeness (QED) is 0.355. The van der Waals surface area contributed by atoms with Gasteiger partial charge < -0.3 is 14.4 Å². The Balaban J connectivity index is 1.23. The molecule has 1 N–H and O–H groups in total. The van der Waals surface area contributed by atoms with E-state index in [0.717, 1.165) is 61.1 Å². The molecule has 1 aliphatic heterocycles. The van der Waals surface area contributed by atoms with Crippen LogP contribution in [0.4, 0.5) is 0 Å². The lowest BCUT2D eigenvalue weighted by Gasteiger charge is -2.30. The fraction of sp³-hybridized carbons (Fsp3) is 0.433. The Morgan fingerprint density at radius 2 is 1.78 bits per heavy atom. The standard InChI is InChI=1S/C30H35N3O4/c1-4-5-26(18-28(34)35)24-10-12-27(13-11-24)36-20-23-8-6-22(7-9-23)19-33-16-14-25(15-17-33)29-31-30(21(2)3)37-32-29/h6-13,21,25-26H,14-20H2,1-3H3,(H,34,35). The van der Waals surface area contributed by atoms with Gasteiger partial charge in [-0.05, 0) is 61.7 Å². The van der Waals surface area contributed by atoms with Crippen molar-refractivity contribution >= 4 is 5.97 Å². The summed E-state index contributed by atoms with van der Waals surface area (Å²) in [5, 5.41) is 13.3. The van der Waals surface area contributed by atoms with Gasteiger partial charge in [-0.3, -0.25) is 9.69 Å². The van der Waals surface area contributed by atoms with Crippen LogP contribution in [-0.4, -0.2) is 39.2 Å². The van der Waals surface area contributed by atoms with Gasteiger partial charge in [0.2, 0.25) is 5.89 Å². The number of aromatic nitrogens is 2. The van der Waals surface area contributed by atoms with E-state index in [-0.39, 0.29) is 18.3 Å². The van der Waals surface area contributed by atoms with Crippen molar-refractivity contribution in [1.29, 1.82) is 0 Å². The van der Waals surface area contributed by atoms with Gasteiger partial charge in [-0.2, -0.15) is 4.98 Å². The van der Waals surface area contributed by atoms with Crippen LogP contribution in [0.15, 0.2) is 53.1 Å². The molecule has 1 fully saturated rings. The number of carboxylic acid groups (broad SMARTS) is 1. The van der Waals surface area contributed by atoms with Crippen molar-refractivity contribution < 1.29 is 19.2 Å². The number of aliphatic carboxylic acids is 1. The molecule has 1 aliphatic rings. The molecule has 0 aliphatic carbocycles. The number of nitrogens with zero attached hydrogens (tertiary/aromatic N) is 3. The van der Waals surface area contributed by atoms with Gasteiger partial charge in [-0.1, -0.05) is 61.3 Å². The van der Waals surface area contributed by atoms with Crippen LogP contribution in [-0.2, 0) is 17.9 Å².